The van der Waals surface area contributed by atoms with Gasteiger partial charge >= 0.3 is 0 Å². The van der Waals surface area contributed by atoms with Gasteiger partial charge in [-0.05, 0) is 58.7 Å². The van der Waals surface area contributed by atoms with Crippen LogP contribution in [0, 0.1) is 25.8 Å². The minimum absolute atomic E-state index is 0. The molecule has 3 aromatic heterocycles. The van der Waals surface area contributed by atoms with E-state index in [4.69, 9.17) is 14.0 Å². The van der Waals surface area contributed by atoms with E-state index in [1.54, 1.807) is 6.07 Å². The van der Waals surface area contributed by atoms with Crippen molar-refractivity contribution in [1.82, 2.24) is 9.97 Å². The molecular weight excluding hydrogens is 709 g/mol. The second-order valence-electron chi connectivity index (χ2n) is 10.9. The van der Waals surface area contributed by atoms with Gasteiger partial charge in [0.05, 0.1) is 15.0 Å². The number of nitrogens with zero attached hydrogens (tertiary/aromatic N) is 2. The first kappa shape index (κ1) is 21.8. The van der Waals surface area contributed by atoms with Crippen molar-refractivity contribution in [2.24, 2.45) is 0 Å². The molecule has 0 unspecified atom stereocenters. The molecule has 42 heavy (non-hydrogen) atoms. The Kier molecular flexibility index (Phi) is 6.29. The average molecular weight is 748 g/mol. The molecule has 5 heteroatoms. The van der Waals surface area contributed by atoms with E-state index >= 15 is 0 Å². The molecule has 0 amide bonds. The number of aryl methyl sites for hydroxylation is 1. The molecule has 0 saturated heterocycles. The Bertz CT molecular complexity index is 2260. The Morgan fingerprint density at radius 3 is 2.24 bits per heavy atom. The molecule has 0 aliphatic carbocycles. The maximum atomic E-state index is 8.19. The SMILES string of the molecule is C[Si](C)(C)c1ccc(-c2[c-]cccc2)nc1.[2H]c1nc(-c2[c-]ccc3c2oc2cc4ccccc4cc23)cc(C([2H])([2H])[2H])c1C([2H])([2H])[2H].[Ir]. The first-order chi connectivity index (χ1) is 22.6. The van der Waals surface area contributed by atoms with Gasteiger partial charge < -0.3 is 14.4 Å². The maximum absolute atomic E-state index is 8.19. The zero-order valence-corrected chi connectivity index (χ0v) is 26.8. The number of fused-ring (bicyclic) bond motifs is 4. The third-order valence-electron chi connectivity index (χ3n) is 7.01. The van der Waals surface area contributed by atoms with Gasteiger partial charge in [0.25, 0.3) is 0 Å². The van der Waals surface area contributed by atoms with Gasteiger partial charge in [-0.3, -0.25) is 0 Å². The van der Waals surface area contributed by atoms with Crippen molar-refractivity contribution in [3.05, 3.63) is 127 Å². The largest absolute Gasteiger partial charge is 0.501 e. The molecule has 7 aromatic rings. The van der Waals surface area contributed by atoms with Crippen LogP contribution in [-0.2, 0) is 20.1 Å². The molecule has 0 atom stereocenters. The van der Waals surface area contributed by atoms with Gasteiger partial charge in [-0.2, -0.15) is 0 Å². The van der Waals surface area contributed by atoms with Crippen LogP contribution in [-0.4, -0.2) is 18.0 Å². The van der Waals surface area contributed by atoms with Crippen LogP contribution < -0.4 is 5.19 Å². The average Bonchev–Trinajstić information content (AvgIpc) is 3.40. The molecule has 3 heterocycles. The molecule has 7 rings (SSSR count). The summed E-state index contributed by atoms with van der Waals surface area (Å²) < 4.78 is 60.8. The van der Waals surface area contributed by atoms with Crippen molar-refractivity contribution in [3.8, 4) is 22.5 Å². The van der Waals surface area contributed by atoms with Crippen molar-refractivity contribution < 1.29 is 34.1 Å². The quantitative estimate of drug-likeness (QED) is 0.134. The van der Waals surface area contributed by atoms with Crippen LogP contribution in [0.3, 0.4) is 0 Å². The third-order valence-corrected chi connectivity index (χ3v) is 9.04. The molecule has 0 bridgehead atoms. The summed E-state index contributed by atoms with van der Waals surface area (Å²) in [5, 5.41) is 5.14. The number of hydrogen-bond acceptors (Lipinski definition) is 3. The van der Waals surface area contributed by atoms with Gasteiger partial charge in [-0.25, -0.2) is 0 Å². The molecule has 0 aliphatic rings. The Hall–Kier alpha value is -3.89. The van der Waals surface area contributed by atoms with E-state index in [0.717, 1.165) is 32.8 Å². The summed E-state index contributed by atoms with van der Waals surface area (Å²) in [6.07, 6.45) is 1.42. The van der Waals surface area contributed by atoms with Gasteiger partial charge in [-0.15, -0.1) is 54.1 Å². The molecule has 0 N–H and O–H groups in total. The summed E-state index contributed by atoms with van der Waals surface area (Å²) in [6.45, 7) is 1.49. The van der Waals surface area contributed by atoms with Crippen LogP contribution in [0.4, 0.5) is 0 Å². The predicted octanol–water partition coefficient (Wildman–Crippen LogP) is 9.31. The van der Waals surface area contributed by atoms with Crippen LogP contribution >= 0.6 is 0 Å². The number of furan rings is 1. The standard InChI is InChI=1S/C23H16NO.C14H16NSi.Ir/c1-14-10-21(24-13-15(14)2)19-9-5-8-18-20-11-16-6-3-4-7-17(16)12-22(20)25-23(18)19;1-16(2,3)13-9-10-14(15-11-13)12-7-5-4-6-8-12;/h3-8,10-13H,1-2H3;4-7,9-11H,1-3H3;/q2*-1;/i1D3,2D3,13D;;. The van der Waals surface area contributed by atoms with Gasteiger partial charge in [0.15, 0.2) is 0 Å². The summed E-state index contributed by atoms with van der Waals surface area (Å²) in [5.41, 5.74) is 2.68. The van der Waals surface area contributed by atoms with Gasteiger partial charge in [0.2, 0.25) is 0 Å². The van der Waals surface area contributed by atoms with E-state index in [1.165, 1.54) is 11.3 Å². The predicted molar refractivity (Wildman–Crippen MR) is 174 cm³/mol. The zero-order valence-electron chi connectivity index (χ0n) is 30.4. The second kappa shape index (κ2) is 12.1. The summed E-state index contributed by atoms with van der Waals surface area (Å²) in [4.78, 5) is 8.64. The Labute approximate surface area is 271 Å². The molecule has 211 valence electrons. The van der Waals surface area contributed by atoms with Crippen LogP contribution in [0.2, 0.25) is 19.6 Å². The minimum atomic E-state index is -2.78. The van der Waals surface area contributed by atoms with Crippen LogP contribution in [0.5, 0.6) is 0 Å². The third kappa shape index (κ3) is 6.00. The number of aromatic nitrogens is 2. The van der Waals surface area contributed by atoms with Crippen molar-refractivity contribution in [3.63, 3.8) is 0 Å². The summed E-state index contributed by atoms with van der Waals surface area (Å²) in [6, 6.07) is 35.1. The molecule has 3 nitrogen and oxygen atoms in total. The first-order valence-electron chi connectivity index (χ1n) is 16.8. The smallest absolute Gasteiger partial charge is 0.121 e. The van der Waals surface area contributed by atoms with Crippen LogP contribution in [0.25, 0.3) is 55.2 Å². The van der Waals surface area contributed by atoms with Crippen LogP contribution in [0.1, 0.15) is 20.7 Å². The summed E-state index contributed by atoms with van der Waals surface area (Å²) in [7, 11) is -1.23. The van der Waals surface area contributed by atoms with E-state index in [2.05, 4.69) is 53.9 Å². The van der Waals surface area contributed by atoms with Gasteiger partial charge in [-0.1, -0.05) is 78.6 Å². The fraction of sp³-hybridized carbons (Fsp3) is 0.135. The van der Waals surface area contributed by atoms with E-state index in [0.29, 0.717) is 16.7 Å². The molecule has 1 radical (unpaired) electrons. The molecule has 4 aromatic carbocycles. The minimum Gasteiger partial charge on any atom is -0.501 e. The first-order valence-corrected chi connectivity index (χ1v) is 16.8. The Balaban J connectivity index is 0.000000233. The fourth-order valence-electron chi connectivity index (χ4n) is 4.71. The normalized spacial score (nSPS) is 14.3. The van der Waals surface area contributed by atoms with Gasteiger partial charge in [0.1, 0.15) is 5.58 Å². The maximum Gasteiger partial charge on any atom is 0.121 e. The monoisotopic (exact) mass is 748 g/mol. The number of benzene rings is 4. The Morgan fingerprint density at radius 1 is 0.762 bits per heavy atom. The van der Waals surface area contributed by atoms with Gasteiger partial charge in [0, 0.05) is 46.1 Å². The zero-order chi connectivity index (χ0) is 34.4. The van der Waals surface area contributed by atoms with Crippen molar-refractivity contribution in [2.45, 2.75) is 33.3 Å². The number of hydrogen-bond donors (Lipinski definition) is 0. The fourth-order valence-corrected chi connectivity index (χ4v) is 5.75. The molecule has 0 spiro atoms. The van der Waals surface area contributed by atoms with E-state index in [9.17, 15) is 0 Å². The van der Waals surface area contributed by atoms with Crippen molar-refractivity contribution in [2.75, 3.05) is 0 Å². The topological polar surface area (TPSA) is 38.9 Å². The van der Waals surface area contributed by atoms with E-state index in [-0.39, 0.29) is 25.8 Å². The number of rotatable bonds is 3. The molecule has 0 saturated carbocycles. The molecule has 0 aliphatic heterocycles. The molecule has 0 fully saturated rings. The van der Waals surface area contributed by atoms with E-state index in [1.807, 2.05) is 72.9 Å². The Morgan fingerprint density at radius 2 is 1.55 bits per heavy atom. The van der Waals surface area contributed by atoms with Crippen molar-refractivity contribution >= 4 is 46.0 Å². The molecular formula is C37H32IrN2OSi-2. The van der Waals surface area contributed by atoms with Crippen LogP contribution in [0.15, 0.2) is 108 Å². The number of pyridine rings is 2. The summed E-state index contributed by atoms with van der Waals surface area (Å²) in [5.74, 6) is 0. The van der Waals surface area contributed by atoms with E-state index < -0.39 is 39.1 Å². The van der Waals surface area contributed by atoms with Crippen molar-refractivity contribution in [1.29, 1.82) is 0 Å². The second-order valence-corrected chi connectivity index (χ2v) is 16.0. The summed E-state index contributed by atoms with van der Waals surface area (Å²) >= 11 is 0.